The second-order valence-electron chi connectivity index (χ2n) is 16.8. The molecule has 14 heteroatoms. The van der Waals surface area contributed by atoms with E-state index in [2.05, 4.69) is 66.9 Å². The van der Waals surface area contributed by atoms with Crippen LogP contribution < -0.4 is 15.4 Å². The lowest BCUT2D eigenvalue weighted by molar-refractivity contribution is -0.179. The third-order valence-electron chi connectivity index (χ3n) is 10.00. The predicted octanol–water partition coefficient (Wildman–Crippen LogP) is 7.35. The summed E-state index contributed by atoms with van der Waals surface area (Å²) in [4.78, 5) is 56.6. The second-order valence-corrected chi connectivity index (χ2v) is 20.3. The molecule has 1 fully saturated rings. The van der Waals surface area contributed by atoms with Gasteiger partial charge in [-0.1, -0.05) is 90.4 Å². The zero-order chi connectivity index (χ0) is 42.1. The fraction of sp³-hybridized carbons (Fsp3) is 0.581. The number of cyclic esters (lactones) is 2. The SMILES string of the molecule is COc1ccc(C[C@H]2NC(=O)/C=C/C[C@@H]([C@H](C)[C@H]3O[C@@H]3c3ccc(CN(C)CC(C)(C)SSC)cc3)OC(=O)[C@H](CC(C)C)OC(=O)C(C)(C)CNC2=O)cc1Cl. The standard InChI is InChI=1S/C43H60ClN3O8S2/c1-26(2)20-35-40(50)53-33(27(3)37-38(55-37)30-17-14-28(15-18-30)23-47(8)25-43(6,7)57-56-10)12-11-13-36(48)46-32(22-29-16-19-34(52-9)31(44)21-29)39(49)45-24-42(4,5)41(51)54-35/h11,13-19,21,26-27,32-33,35,37-38H,12,20,22-25H2,1-10H3,(H,45,49)(H,46,48)/b13-11+/t27-,32+,33-,35-,37+,38+/m0/s1. The first-order valence-corrected chi connectivity index (χ1v) is 22.4. The van der Waals surface area contributed by atoms with Crippen LogP contribution in [0.5, 0.6) is 5.75 Å². The average molecular weight is 847 g/mol. The first-order chi connectivity index (χ1) is 26.8. The van der Waals surface area contributed by atoms with E-state index in [1.54, 1.807) is 48.9 Å². The van der Waals surface area contributed by atoms with Crippen molar-refractivity contribution in [1.82, 2.24) is 15.5 Å². The van der Waals surface area contributed by atoms with Gasteiger partial charge >= 0.3 is 11.9 Å². The summed E-state index contributed by atoms with van der Waals surface area (Å²) in [7, 11) is 7.30. The Morgan fingerprint density at radius 1 is 1.04 bits per heavy atom. The number of amides is 2. The van der Waals surface area contributed by atoms with Crippen molar-refractivity contribution >= 4 is 56.9 Å². The first kappa shape index (κ1) is 46.5. The molecule has 0 aliphatic carbocycles. The van der Waals surface area contributed by atoms with E-state index in [-0.39, 0.29) is 54.6 Å². The van der Waals surface area contributed by atoms with Gasteiger partial charge in [-0.3, -0.25) is 14.4 Å². The predicted molar refractivity (Wildman–Crippen MR) is 228 cm³/mol. The third-order valence-corrected chi connectivity index (χ3v) is 12.9. The highest BCUT2D eigenvalue weighted by Gasteiger charge is 2.48. The van der Waals surface area contributed by atoms with Crippen molar-refractivity contribution in [1.29, 1.82) is 0 Å². The fourth-order valence-electron chi connectivity index (χ4n) is 6.90. The first-order valence-electron chi connectivity index (χ1n) is 19.5. The summed E-state index contributed by atoms with van der Waals surface area (Å²) < 4.78 is 23.6. The van der Waals surface area contributed by atoms with Gasteiger partial charge in [-0.2, -0.15) is 0 Å². The van der Waals surface area contributed by atoms with E-state index < -0.39 is 47.4 Å². The van der Waals surface area contributed by atoms with Crippen LogP contribution in [0.4, 0.5) is 0 Å². The third kappa shape index (κ3) is 13.9. The van der Waals surface area contributed by atoms with Gasteiger partial charge < -0.3 is 34.5 Å². The number of halogens is 1. The van der Waals surface area contributed by atoms with Crippen LogP contribution in [0.25, 0.3) is 0 Å². The topological polar surface area (TPSA) is 136 Å². The van der Waals surface area contributed by atoms with Gasteiger partial charge in [-0.05, 0) is 88.2 Å². The molecule has 0 unspecified atom stereocenters. The van der Waals surface area contributed by atoms with Crippen molar-refractivity contribution in [2.45, 2.75) is 109 Å². The molecule has 4 rings (SSSR count). The van der Waals surface area contributed by atoms with Gasteiger partial charge in [0.25, 0.3) is 0 Å². The Morgan fingerprint density at radius 2 is 1.72 bits per heavy atom. The smallest absolute Gasteiger partial charge is 0.347 e. The fourth-order valence-corrected chi connectivity index (χ4v) is 9.42. The highest BCUT2D eigenvalue weighted by Crippen LogP contribution is 2.45. The van der Waals surface area contributed by atoms with E-state index in [9.17, 15) is 19.2 Å². The highest BCUT2D eigenvalue weighted by atomic mass is 35.5. The quantitative estimate of drug-likeness (QED) is 0.112. The maximum atomic E-state index is 13.8. The molecule has 6 atom stereocenters. The zero-order valence-electron chi connectivity index (χ0n) is 34.9. The van der Waals surface area contributed by atoms with Crippen molar-refractivity contribution in [3.05, 3.63) is 76.3 Å². The van der Waals surface area contributed by atoms with E-state index in [1.165, 1.54) is 18.7 Å². The van der Waals surface area contributed by atoms with Crippen molar-refractivity contribution < 1.29 is 38.1 Å². The summed E-state index contributed by atoms with van der Waals surface area (Å²) in [6.45, 7) is 15.3. The molecule has 314 valence electrons. The normalized spacial score (nSPS) is 24.6. The second kappa shape index (κ2) is 20.6. The number of hydrogen-bond acceptors (Lipinski definition) is 11. The number of carbonyl (C=O) groups is 4. The lowest BCUT2D eigenvalue weighted by Crippen LogP contribution is -2.51. The van der Waals surface area contributed by atoms with Crippen molar-refractivity contribution in [2.24, 2.45) is 17.3 Å². The summed E-state index contributed by atoms with van der Waals surface area (Å²) >= 11 is 6.36. The monoisotopic (exact) mass is 845 g/mol. The molecule has 0 spiro atoms. The minimum absolute atomic E-state index is 0.00932. The van der Waals surface area contributed by atoms with E-state index >= 15 is 0 Å². The number of nitrogens with zero attached hydrogens (tertiary/aromatic N) is 1. The molecule has 0 radical (unpaired) electrons. The van der Waals surface area contributed by atoms with Crippen LogP contribution in [0, 0.1) is 17.3 Å². The lowest BCUT2D eigenvalue weighted by atomic mass is 9.92. The van der Waals surface area contributed by atoms with Gasteiger partial charge in [-0.15, -0.1) is 0 Å². The van der Waals surface area contributed by atoms with Crippen molar-refractivity contribution in [3.63, 3.8) is 0 Å². The molecule has 1 saturated heterocycles. The van der Waals surface area contributed by atoms with Gasteiger partial charge in [0, 0.05) is 43.1 Å². The maximum Gasteiger partial charge on any atom is 0.347 e. The molecule has 2 N–H and O–H groups in total. The molecule has 2 amide bonds. The molecule has 2 aromatic rings. The molecule has 11 nitrogen and oxygen atoms in total. The number of carbonyl (C=O) groups excluding carboxylic acids is 4. The molecule has 0 bridgehead atoms. The van der Waals surface area contributed by atoms with E-state index in [0.717, 1.165) is 18.7 Å². The van der Waals surface area contributed by atoms with Gasteiger partial charge in [-0.25, -0.2) is 4.79 Å². The lowest BCUT2D eigenvalue weighted by Gasteiger charge is -2.29. The Morgan fingerprint density at radius 3 is 2.35 bits per heavy atom. The van der Waals surface area contributed by atoms with E-state index in [0.29, 0.717) is 16.3 Å². The Hall–Kier alpha value is -3.23. The van der Waals surface area contributed by atoms with Crippen LogP contribution in [0.15, 0.2) is 54.6 Å². The molecule has 0 saturated carbocycles. The van der Waals surface area contributed by atoms with Crippen LogP contribution in [-0.4, -0.2) is 91.3 Å². The van der Waals surface area contributed by atoms with Crippen LogP contribution in [0.2, 0.25) is 5.02 Å². The van der Waals surface area contributed by atoms with Crippen LogP contribution in [0.3, 0.4) is 0 Å². The summed E-state index contributed by atoms with van der Waals surface area (Å²) in [5.74, 6) is -2.11. The zero-order valence-corrected chi connectivity index (χ0v) is 37.3. The molecule has 0 aromatic heterocycles. The summed E-state index contributed by atoms with van der Waals surface area (Å²) in [6, 6.07) is 12.6. The maximum absolute atomic E-state index is 13.8. The Balaban J connectivity index is 1.54. The number of nitrogens with one attached hydrogen (secondary N) is 2. The summed E-state index contributed by atoms with van der Waals surface area (Å²) in [5, 5.41) is 5.96. The van der Waals surface area contributed by atoms with Crippen molar-refractivity contribution in [2.75, 3.05) is 33.5 Å². The summed E-state index contributed by atoms with van der Waals surface area (Å²) in [5.41, 5.74) is 1.72. The van der Waals surface area contributed by atoms with Crippen LogP contribution in [0.1, 0.15) is 84.1 Å². The Labute approximate surface area is 351 Å². The summed E-state index contributed by atoms with van der Waals surface area (Å²) in [6.07, 6.45) is 3.32. The minimum atomic E-state index is -1.21. The largest absolute Gasteiger partial charge is 0.495 e. The molecule has 2 heterocycles. The minimum Gasteiger partial charge on any atom is -0.495 e. The molecule has 57 heavy (non-hydrogen) atoms. The number of benzene rings is 2. The molecular weight excluding hydrogens is 786 g/mol. The van der Waals surface area contributed by atoms with Gasteiger partial charge in [0.2, 0.25) is 11.8 Å². The van der Waals surface area contributed by atoms with Crippen LogP contribution >= 0.6 is 33.2 Å². The molecule has 2 aromatic carbocycles. The number of epoxide rings is 1. The van der Waals surface area contributed by atoms with Gasteiger partial charge in [0.1, 0.15) is 24.0 Å². The molecule has 2 aliphatic heterocycles. The Kier molecular flexibility index (Phi) is 16.8. The number of methoxy groups -OCH3 is 1. The van der Waals surface area contributed by atoms with E-state index in [4.69, 9.17) is 30.5 Å². The van der Waals surface area contributed by atoms with E-state index in [1.807, 2.05) is 31.6 Å². The number of hydrogen-bond donors (Lipinski definition) is 2. The highest BCUT2D eigenvalue weighted by molar-refractivity contribution is 8.77. The number of rotatable bonds is 14. The molecular formula is C43H60ClN3O8S2. The number of ether oxygens (including phenoxy) is 4. The Bertz CT molecular complexity index is 1740. The van der Waals surface area contributed by atoms with Gasteiger partial charge in [0.15, 0.2) is 6.10 Å². The average Bonchev–Trinajstić information content (AvgIpc) is 3.93. The van der Waals surface area contributed by atoms with Crippen molar-refractivity contribution in [3.8, 4) is 5.75 Å². The molecule has 2 aliphatic rings. The van der Waals surface area contributed by atoms with Crippen LogP contribution in [-0.2, 0) is 46.4 Å². The van der Waals surface area contributed by atoms with Gasteiger partial charge in [0.05, 0.1) is 23.7 Å². The number of esters is 2.